The summed E-state index contributed by atoms with van der Waals surface area (Å²) < 4.78 is 0. The summed E-state index contributed by atoms with van der Waals surface area (Å²) in [6, 6.07) is 8.15. The molecule has 4 N–H and O–H groups in total. The molecule has 0 aliphatic carbocycles. The number of anilines is 1. The van der Waals surface area contributed by atoms with Gasteiger partial charge in [-0.3, -0.25) is 15.1 Å². The Morgan fingerprint density at radius 1 is 1.24 bits per heavy atom. The third kappa shape index (κ3) is 5.21. The van der Waals surface area contributed by atoms with E-state index in [1.165, 1.54) is 49.7 Å². The molecular weight excluding hydrogens is 410 g/mol. The lowest BCUT2D eigenvalue weighted by Crippen LogP contribution is -2.46. The first kappa shape index (κ1) is 24.1. The number of nitrogens with one attached hydrogen (secondary N) is 2. The lowest BCUT2D eigenvalue weighted by atomic mass is 9.81. The van der Waals surface area contributed by atoms with Gasteiger partial charge in [-0.05, 0) is 75.5 Å². The number of nitrogens with zero attached hydrogens (tertiary/aromatic N) is 2. The highest BCUT2D eigenvalue weighted by molar-refractivity contribution is 5.96. The zero-order valence-corrected chi connectivity index (χ0v) is 20.8. The highest BCUT2D eigenvalue weighted by Gasteiger charge is 2.37. The van der Waals surface area contributed by atoms with Crippen molar-refractivity contribution in [1.82, 2.24) is 9.80 Å². The average Bonchev–Trinajstić information content (AvgIpc) is 3.25. The fourth-order valence-electron chi connectivity index (χ4n) is 6.59. The summed E-state index contributed by atoms with van der Waals surface area (Å²) in [5, 5.41) is 11.0. The number of rotatable bonds is 7. The van der Waals surface area contributed by atoms with Crippen LogP contribution in [0.4, 0.5) is 5.69 Å². The van der Waals surface area contributed by atoms with Gasteiger partial charge >= 0.3 is 0 Å². The molecule has 2 saturated heterocycles. The van der Waals surface area contributed by atoms with E-state index in [9.17, 15) is 4.79 Å². The number of amides is 1. The number of carbonyl (C=O) groups excluding carboxylic acids is 1. The molecule has 1 aromatic rings. The van der Waals surface area contributed by atoms with Crippen LogP contribution in [0.5, 0.6) is 0 Å². The third-order valence-electron chi connectivity index (χ3n) is 8.35. The first-order valence-corrected chi connectivity index (χ1v) is 13.2. The topological polar surface area (TPSA) is 85.5 Å². The van der Waals surface area contributed by atoms with Crippen LogP contribution in [0.1, 0.15) is 89.3 Å². The summed E-state index contributed by atoms with van der Waals surface area (Å²) in [6.07, 6.45) is 10.2. The first-order chi connectivity index (χ1) is 15.9. The van der Waals surface area contributed by atoms with Gasteiger partial charge in [0.15, 0.2) is 5.96 Å². The number of hydrogen-bond donors (Lipinski definition) is 3. The molecule has 0 spiro atoms. The van der Waals surface area contributed by atoms with Crippen LogP contribution < -0.4 is 11.1 Å². The van der Waals surface area contributed by atoms with Crippen molar-refractivity contribution in [2.24, 2.45) is 17.6 Å². The van der Waals surface area contributed by atoms with E-state index in [1.807, 2.05) is 4.90 Å². The van der Waals surface area contributed by atoms with E-state index in [-0.39, 0.29) is 17.8 Å². The van der Waals surface area contributed by atoms with Crippen molar-refractivity contribution < 1.29 is 4.79 Å². The van der Waals surface area contributed by atoms with Gasteiger partial charge in [-0.15, -0.1) is 0 Å². The van der Waals surface area contributed by atoms with Gasteiger partial charge in [0.05, 0.1) is 0 Å². The second-order valence-corrected chi connectivity index (χ2v) is 10.7. The molecule has 182 valence electrons. The Hall–Kier alpha value is -2.08. The van der Waals surface area contributed by atoms with Crippen LogP contribution in [0.25, 0.3) is 0 Å². The summed E-state index contributed by atoms with van der Waals surface area (Å²) in [4.78, 5) is 17.7. The fraction of sp³-hybridized carbons (Fsp3) is 0.704. The zero-order valence-electron chi connectivity index (χ0n) is 20.8. The van der Waals surface area contributed by atoms with Crippen molar-refractivity contribution in [2.45, 2.75) is 96.7 Å². The Morgan fingerprint density at radius 2 is 2.00 bits per heavy atom. The SMILES string of the molecule is CCCCC(c1cccc2c1CC(CC1CCN(C(=N)N)C1)C(=O)N2)N1C(C)CCCC1C. The summed E-state index contributed by atoms with van der Waals surface area (Å²) in [7, 11) is 0. The minimum Gasteiger partial charge on any atom is -0.370 e. The summed E-state index contributed by atoms with van der Waals surface area (Å²) >= 11 is 0. The molecule has 5 atom stereocenters. The van der Waals surface area contributed by atoms with Gasteiger partial charge in [-0.1, -0.05) is 38.3 Å². The fourth-order valence-corrected chi connectivity index (χ4v) is 6.59. The van der Waals surface area contributed by atoms with Crippen LogP contribution in [0.15, 0.2) is 18.2 Å². The molecule has 5 unspecified atom stereocenters. The molecule has 6 nitrogen and oxygen atoms in total. The molecular formula is C27H43N5O. The van der Waals surface area contributed by atoms with Crippen LogP contribution in [-0.2, 0) is 11.2 Å². The third-order valence-corrected chi connectivity index (χ3v) is 8.35. The standard InChI is InChI=1S/C27H43N5O/c1-4-5-12-25(32-18(2)8-6-9-19(32)3)22-10-7-11-24-23(22)16-21(26(33)30-24)15-20-13-14-31(17-20)27(28)29/h7,10-11,18-21,25H,4-6,8-9,12-17H2,1-3H3,(H3,28,29)(H,30,33). The van der Waals surface area contributed by atoms with E-state index in [2.05, 4.69) is 49.2 Å². The van der Waals surface area contributed by atoms with Crippen molar-refractivity contribution in [3.63, 3.8) is 0 Å². The number of piperidine rings is 1. The van der Waals surface area contributed by atoms with E-state index in [1.54, 1.807) is 0 Å². The number of hydrogen-bond acceptors (Lipinski definition) is 3. The van der Waals surface area contributed by atoms with Crippen molar-refractivity contribution >= 4 is 17.6 Å². The summed E-state index contributed by atoms with van der Waals surface area (Å²) in [6.45, 7) is 8.71. The quantitative estimate of drug-likeness (QED) is 0.405. The number of likely N-dealkylation sites (tertiary alicyclic amines) is 2. The normalized spacial score (nSPS) is 28.9. The summed E-state index contributed by atoms with van der Waals surface area (Å²) in [5.74, 6) is 0.738. The molecule has 1 aromatic carbocycles. The van der Waals surface area contributed by atoms with Gasteiger partial charge in [-0.2, -0.15) is 0 Å². The molecule has 0 bridgehead atoms. The van der Waals surface area contributed by atoms with Crippen LogP contribution in [0.3, 0.4) is 0 Å². The predicted molar refractivity (Wildman–Crippen MR) is 135 cm³/mol. The Balaban J connectivity index is 1.59. The molecule has 0 saturated carbocycles. The lowest BCUT2D eigenvalue weighted by molar-refractivity contribution is -0.120. The van der Waals surface area contributed by atoms with Crippen LogP contribution >= 0.6 is 0 Å². The van der Waals surface area contributed by atoms with Gasteiger partial charge in [0.1, 0.15) is 0 Å². The largest absolute Gasteiger partial charge is 0.370 e. The Kier molecular flexibility index (Phi) is 7.62. The van der Waals surface area contributed by atoms with Crippen molar-refractivity contribution in [3.05, 3.63) is 29.3 Å². The predicted octanol–water partition coefficient (Wildman–Crippen LogP) is 4.90. The molecule has 0 aromatic heterocycles. The van der Waals surface area contributed by atoms with E-state index < -0.39 is 0 Å². The molecule has 1 amide bonds. The van der Waals surface area contributed by atoms with Crippen molar-refractivity contribution in [1.29, 1.82) is 5.41 Å². The van der Waals surface area contributed by atoms with Crippen molar-refractivity contribution in [2.75, 3.05) is 18.4 Å². The zero-order chi connectivity index (χ0) is 23.5. The van der Waals surface area contributed by atoms with Gasteiger partial charge in [0.25, 0.3) is 0 Å². The molecule has 3 aliphatic heterocycles. The first-order valence-electron chi connectivity index (χ1n) is 13.2. The maximum Gasteiger partial charge on any atom is 0.227 e. The average molecular weight is 454 g/mol. The number of guanidine groups is 1. The molecule has 0 radical (unpaired) electrons. The lowest BCUT2D eigenvalue weighted by Gasteiger charge is -2.45. The molecule has 2 fully saturated rings. The van der Waals surface area contributed by atoms with Crippen LogP contribution in [0.2, 0.25) is 0 Å². The minimum absolute atomic E-state index is 0.00131. The Morgan fingerprint density at radius 3 is 2.67 bits per heavy atom. The smallest absolute Gasteiger partial charge is 0.227 e. The van der Waals surface area contributed by atoms with Gasteiger partial charge < -0.3 is 16.0 Å². The van der Waals surface area contributed by atoms with E-state index in [0.29, 0.717) is 24.0 Å². The molecule has 33 heavy (non-hydrogen) atoms. The number of unbranched alkanes of at least 4 members (excludes halogenated alkanes) is 1. The van der Waals surface area contributed by atoms with E-state index >= 15 is 0 Å². The van der Waals surface area contributed by atoms with E-state index in [4.69, 9.17) is 11.1 Å². The molecule has 3 aliphatic rings. The highest BCUT2D eigenvalue weighted by atomic mass is 16.1. The van der Waals surface area contributed by atoms with Gasteiger partial charge in [-0.25, -0.2) is 0 Å². The minimum atomic E-state index is -0.00131. The van der Waals surface area contributed by atoms with Crippen LogP contribution in [0, 0.1) is 17.2 Å². The van der Waals surface area contributed by atoms with E-state index in [0.717, 1.165) is 38.0 Å². The second-order valence-electron chi connectivity index (χ2n) is 10.7. The molecule has 6 heteroatoms. The number of nitrogens with two attached hydrogens (primary N) is 1. The Bertz CT molecular complexity index is 845. The Labute approximate surface area is 199 Å². The second kappa shape index (κ2) is 10.5. The van der Waals surface area contributed by atoms with Gasteiger partial charge in [0.2, 0.25) is 5.91 Å². The number of fused-ring (bicyclic) bond motifs is 1. The maximum absolute atomic E-state index is 13.0. The molecule has 3 heterocycles. The monoisotopic (exact) mass is 453 g/mol. The summed E-state index contributed by atoms with van der Waals surface area (Å²) in [5.41, 5.74) is 9.50. The number of carbonyl (C=O) groups is 1. The van der Waals surface area contributed by atoms with Crippen LogP contribution in [-0.4, -0.2) is 46.8 Å². The van der Waals surface area contributed by atoms with Gasteiger partial charge in [0, 0.05) is 42.8 Å². The maximum atomic E-state index is 13.0. The molecule has 4 rings (SSSR count). The van der Waals surface area contributed by atoms with Crippen molar-refractivity contribution in [3.8, 4) is 0 Å². The number of benzene rings is 1. The highest BCUT2D eigenvalue weighted by Crippen LogP contribution is 2.41.